The van der Waals surface area contributed by atoms with Crippen LogP contribution in [-0.2, 0) is 0 Å². The SMILES string of the molecule is CCCCCCCCCCCCCCCCCCCCCCC[N+](C)(C)CCO. The van der Waals surface area contributed by atoms with E-state index in [9.17, 15) is 0 Å². The molecule has 0 saturated carbocycles. The van der Waals surface area contributed by atoms with Gasteiger partial charge in [-0.1, -0.05) is 129 Å². The normalized spacial score (nSPS) is 12.0. The summed E-state index contributed by atoms with van der Waals surface area (Å²) in [6.45, 7) is 4.71. The van der Waals surface area contributed by atoms with Crippen molar-refractivity contribution in [3.8, 4) is 0 Å². The van der Waals surface area contributed by atoms with Gasteiger partial charge in [0.25, 0.3) is 0 Å². The van der Waals surface area contributed by atoms with Crippen molar-refractivity contribution in [3.05, 3.63) is 0 Å². The number of hydrogen-bond donors (Lipinski definition) is 1. The van der Waals surface area contributed by atoms with Crippen LogP contribution in [0.5, 0.6) is 0 Å². The highest BCUT2D eigenvalue weighted by molar-refractivity contribution is 4.51. The van der Waals surface area contributed by atoms with Crippen LogP contribution in [0.3, 0.4) is 0 Å². The lowest BCUT2D eigenvalue weighted by Crippen LogP contribution is -2.42. The van der Waals surface area contributed by atoms with E-state index in [4.69, 9.17) is 5.11 Å². The Hall–Kier alpha value is -0.0800. The summed E-state index contributed by atoms with van der Waals surface area (Å²) in [5.41, 5.74) is 0. The third kappa shape index (κ3) is 24.1. The zero-order valence-electron chi connectivity index (χ0n) is 20.9. The average Bonchev–Trinajstić information content (AvgIpc) is 2.69. The minimum atomic E-state index is 0.312. The maximum atomic E-state index is 9.06. The van der Waals surface area contributed by atoms with Crippen molar-refractivity contribution in [2.75, 3.05) is 33.8 Å². The maximum absolute atomic E-state index is 9.06. The summed E-state index contributed by atoms with van der Waals surface area (Å²) in [5, 5.41) is 9.06. The van der Waals surface area contributed by atoms with Crippen molar-refractivity contribution >= 4 is 0 Å². The molecule has 176 valence electrons. The Bertz CT molecular complexity index is 303. The van der Waals surface area contributed by atoms with E-state index < -0.39 is 0 Å². The Morgan fingerprint density at radius 2 is 0.690 bits per heavy atom. The molecule has 0 heterocycles. The van der Waals surface area contributed by atoms with Crippen molar-refractivity contribution in [2.24, 2.45) is 0 Å². The molecule has 29 heavy (non-hydrogen) atoms. The second kappa shape index (κ2) is 22.6. The smallest absolute Gasteiger partial charge is 0.102 e. The van der Waals surface area contributed by atoms with Crippen LogP contribution in [0.15, 0.2) is 0 Å². The molecule has 0 aliphatic rings. The fourth-order valence-electron chi connectivity index (χ4n) is 4.35. The van der Waals surface area contributed by atoms with Crippen LogP contribution < -0.4 is 0 Å². The van der Waals surface area contributed by atoms with E-state index in [1.807, 2.05) is 0 Å². The monoisotopic (exact) mass is 412 g/mol. The van der Waals surface area contributed by atoms with Crippen LogP contribution in [-0.4, -0.2) is 43.4 Å². The number of rotatable bonds is 24. The minimum absolute atomic E-state index is 0.312. The van der Waals surface area contributed by atoms with E-state index in [2.05, 4.69) is 21.0 Å². The first kappa shape index (κ1) is 28.9. The van der Waals surface area contributed by atoms with Gasteiger partial charge in [-0.2, -0.15) is 0 Å². The Labute approximate surface area is 185 Å². The lowest BCUT2D eigenvalue weighted by Gasteiger charge is -2.28. The molecular weight excluding hydrogens is 354 g/mol. The Kier molecular flexibility index (Phi) is 22.5. The molecule has 0 rings (SSSR count). The average molecular weight is 413 g/mol. The molecule has 0 aliphatic heterocycles. The van der Waals surface area contributed by atoms with Gasteiger partial charge in [0.2, 0.25) is 0 Å². The van der Waals surface area contributed by atoms with E-state index in [0.29, 0.717) is 6.61 Å². The third-order valence-electron chi connectivity index (χ3n) is 6.57. The van der Waals surface area contributed by atoms with Crippen molar-refractivity contribution in [3.63, 3.8) is 0 Å². The predicted octanol–water partition coefficient (Wildman–Crippen LogP) is 8.27. The zero-order chi connectivity index (χ0) is 21.5. The van der Waals surface area contributed by atoms with E-state index in [1.54, 1.807) is 0 Å². The van der Waals surface area contributed by atoms with Gasteiger partial charge in [0, 0.05) is 0 Å². The highest BCUT2D eigenvalue weighted by atomic mass is 16.3. The van der Waals surface area contributed by atoms with E-state index in [-0.39, 0.29) is 0 Å². The van der Waals surface area contributed by atoms with Gasteiger partial charge in [0.05, 0.1) is 27.2 Å². The number of unbranched alkanes of at least 4 members (excludes halogenated alkanes) is 20. The molecule has 2 heteroatoms. The molecule has 0 spiro atoms. The summed E-state index contributed by atoms with van der Waals surface area (Å²) < 4.78 is 0.968. The first-order chi connectivity index (χ1) is 14.1. The standard InChI is InChI=1S/C27H58NO/c1-4-5-6-7-8-9-10-11-12-13-14-15-16-17-18-19-20-21-22-23-24-25-28(2,3)26-27-29/h29H,4-27H2,1-3H3/q+1. The molecule has 0 saturated heterocycles. The summed E-state index contributed by atoms with van der Waals surface area (Å²) in [6, 6.07) is 0. The van der Waals surface area contributed by atoms with E-state index in [1.165, 1.54) is 141 Å². The van der Waals surface area contributed by atoms with E-state index >= 15 is 0 Å². The third-order valence-corrected chi connectivity index (χ3v) is 6.57. The molecule has 0 aromatic rings. The van der Waals surface area contributed by atoms with Gasteiger partial charge in [0.15, 0.2) is 0 Å². The topological polar surface area (TPSA) is 20.2 Å². The van der Waals surface area contributed by atoms with Gasteiger partial charge in [-0.15, -0.1) is 0 Å². The Morgan fingerprint density at radius 1 is 0.414 bits per heavy atom. The second-order valence-corrected chi connectivity index (χ2v) is 10.2. The number of likely N-dealkylation sites (N-methyl/N-ethyl adjacent to an activating group) is 1. The molecule has 0 fully saturated rings. The molecule has 2 nitrogen and oxygen atoms in total. The molecule has 0 aromatic heterocycles. The second-order valence-electron chi connectivity index (χ2n) is 10.2. The van der Waals surface area contributed by atoms with Crippen LogP contribution in [0.2, 0.25) is 0 Å². The molecule has 0 amide bonds. The van der Waals surface area contributed by atoms with Crippen molar-refractivity contribution in [2.45, 2.75) is 142 Å². The van der Waals surface area contributed by atoms with Crippen LogP contribution in [0.25, 0.3) is 0 Å². The lowest BCUT2D eigenvalue weighted by molar-refractivity contribution is -0.890. The van der Waals surface area contributed by atoms with Gasteiger partial charge in [-0.3, -0.25) is 0 Å². The molecule has 0 bridgehead atoms. The van der Waals surface area contributed by atoms with Gasteiger partial charge in [0.1, 0.15) is 6.54 Å². The number of quaternary nitrogens is 1. The van der Waals surface area contributed by atoms with Gasteiger partial charge < -0.3 is 9.59 Å². The predicted molar refractivity (Wildman–Crippen MR) is 132 cm³/mol. The summed E-state index contributed by atoms with van der Waals surface area (Å²) >= 11 is 0. The summed E-state index contributed by atoms with van der Waals surface area (Å²) in [7, 11) is 4.46. The highest BCUT2D eigenvalue weighted by Gasteiger charge is 2.12. The molecule has 0 radical (unpaired) electrons. The number of aliphatic hydroxyl groups excluding tert-OH is 1. The van der Waals surface area contributed by atoms with Crippen LogP contribution in [0.1, 0.15) is 142 Å². The first-order valence-electron chi connectivity index (χ1n) is 13.6. The lowest BCUT2D eigenvalue weighted by atomic mass is 10.0. The van der Waals surface area contributed by atoms with Crippen LogP contribution in [0.4, 0.5) is 0 Å². The Morgan fingerprint density at radius 3 is 0.966 bits per heavy atom. The van der Waals surface area contributed by atoms with Gasteiger partial charge in [-0.25, -0.2) is 0 Å². The fraction of sp³-hybridized carbons (Fsp3) is 1.00. The van der Waals surface area contributed by atoms with Crippen molar-refractivity contribution in [1.82, 2.24) is 0 Å². The minimum Gasteiger partial charge on any atom is -0.391 e. The summed E-state index contributed by atoms with van der Waals surface area (Å²) in [4.78, 5) is 0. The molecule has 0 atom stereocenters. The van der Waals surface area contributed by atoms with Gasteiger partial charge in [-0.05, 0) is 12.8 Å². The number of aliphatic hydroxyl groups is 1. The largest absolute Gasteiger partial charge is 0.391 e. The zero-order valence-corrected chi connectivity index (χ0v) is 20.9. The number of hydrogen-bond acceptors (Lipinski definition) is 1. The van der Waals surface area contributed by atoms with Gasteiger partial charge >= 0.3 is 0 Å². The quantitative estimate of drug-likeness (QED) is 0.125. The molecule has 0 aromatic carbocycles. The van der Waals surface area contributed by atoms with Crippen LogP contribution >= 0.6 is 0 Å². The van der Waals surface area contributed by atoms with Crippen molar-refractivity contribution < 1.29 is 9.59 Å². The number of nitrogens with zero attached hydrogens (tertiary/aromatic N) is 1. The highest BCUT2D eigenvalue weighted by Crippen LogP contribution is 2.15. The maximum Gasteiger partial charge on any atom is 0.102 e. The van der Waals surface area contributed by atoms with Crippen molar-refractivity contribution in [1.29, 1.82) is 0 Å². The van der Waals surface area contributed by atoms with Crippen LogP contribution in [0, 0.1) is 0 Å². The molecule has 0 unspecified atom stereocenters. The molecule has 0 aliphatic carbocycles. The Balaban J connectivity index is 3.08. The molecule has 1 N–H and O–H groups in total. The molecular formula is C27H58NO+. The summed E-state index contributed by atoms with van der Waals surface area (Å²) in [5.74, 6) is 0. The summed E-state index contributed by atoms with van der Waals surface area (Å²) in [6.07, 6.45) is 30.3. The van der Waals surface area contributed by atoms with E-state index in [0.717, 1.165) is 11.0 Å². The fourth-order valence-corrected chi connectivity index (χ4v) is 4.35. The first-order valence-corrected chi connectivity index (χ1v) is 13.6.